The van der Waals surface area contributed by atoms with Gasteiger partial charge in [0, 0.05) is 18.8 Å². The second-order valence-electron chi connectivity index (χ2n) is 3.87. The number of hydrogen-bond donors (Lipinski definition) is 3. The van der Waals surface area contributed by atoms with Crippen LogP contribution in [0.3, 0.4) is 0 Å². The van der Waals surface area contributed by atoms with Crippen molar-refractivity contribution in [2.24, 2.45) is 0 Å². The van der Waals surface area contributed by atoms with Gasteiger partial charge in [-0.15, -0.1) is 0 Å². The molecule has 1 heterocycles. The van der Waals surface area contributed by atoms with E-state index in [4.69, 9.17) is 28.9 Å². The first-order chi connectivity index (χ1) is 7.49. The van der Waals surface area contributed by atoms with Crippen LogP contribution in [0, 0.1) is 0 Å². The number of anilines is 2. The van der Waals surface area contributed by atoms with Crippen molar-refractivity contribution in [1.82, 2.24) is 0 Å². The molecule has 0 aromatic heterocycles. The quantitative estimate of drug-likeness (QED) is 0.664. The van der Waals surface area contributed by atoms with Gasteiger partial charge in [-0.2, -0.15) is 0 Å². The van der Waals surface area contributed by atoms with Crippen molar-refractivity contribution in [2.45, 2.75) is 12.2 Å². The lowest BCUT2D eigenvalue weighted by molar-refractivity contribution is 0.0572. The highest BCUT2D eigenvalue weighted by atomic mass is 35.5. The van der Waals surface area contributed by atoms with E-state index < -0.39 is 12.2 Å². The number of nitrogen functional groups attached to an aromatic ring is 1. The van der Waals surface area contributed by atoms with E-state index in [1.165, 1.54) is 0 Å². The van der Waals surface area contributed by atoms with Crippen LogP contribution in [-0.2, 0) is 0 Å². The molecule has 2 atom stereocenters. The number of halogens is 2. The number of aliphatic hydroxyl groups excluding tert-OH is 2. The second kappa shape index (κ2) is 4.30. The van der Waals surface area contributed by atoms with Crippen LogP contribution in [0.5, 0.6) is 0 Å². The summed E-state index contributed by atoms with van der Waals surface area (Å²) in [7, 11) is 0. The zero-order valence-electron chi connectivity index (χ0n) is 8.40. The fourth-order valence-electron chi connectivity index (χ4n) is 1.84. The Morgan fingerprint density at radius 1 is 1.12 bits per heavy atom. The van der Waals surface area contributed by atoms with Gasteiger partial charge in [-0.05, 0) is 12.1 Å². The molecular weight excluding hydrogens is 251 g/mol. The average molecular weight is 263 g/mol. The smallest absolute Gasteiger partial charge is 0.0990 e. The van der Waals surface area contributed by atoms with Gasteiger partial charge in [0.2, 0.25) is 0 Å². The molecule has 2 rings (SSSR count). The molecule has 0 aliphatic carbocycles. The summed E-state index contributed by atoms with van der Waals surface area (Å²) in [6, 6.07) is 3.19. The summed E-state index contributed by atoms with van der Waals surface area (Å²) in [4.78, 5) is 1.75. The highest BCUT2D eigenvalue weighted by Crippen LogP contribution is 2.37. The van der Waals surface area contributed by atoms with Gasteiger partial charge in [-0.3, -0.25) is 0 Å². The largest absolute Gasteiger partial charge is 0.399 e. The maximum absolute atomic E-state index is 9.46. The zero-order chi connectivity index (χ0) is 11.9. The molecule has 1 saturated heterocycles. The molecule has 4 N–H and O–H groups in total. The fourth-order valence-corrected chi connectivity index (χ4v) is 2.58. The lowest BCUT2D eigenvalue weighted by Gasteiger charge is -2.20. The molecular formula is C10H12Cl2N2O2. The minimum absolute atomic E-state index is 0.310. The van der Waals surface area contributed by atoms with E-state index in [1.807, 2.05) is 0 Å². The number of benzene rings is 1. The van der Waals surface area contributed by atoms with Crippen LogP contribution >= 0.6 is 23.2 Å². The van der Waals surface area contributed by atoms with E-state index in [-0.39, 0.29) is 0 Å². The van der Waals surface area contributed by atoms with Crippen molar-refractivity contribution < 1.29 is 10.2 Å². The highest BCUT2D eigenvalue weighted by Gasteiger charge is 2.31. The van der Waals surface area contributed by atoms with Crippen molar-refractivity contribution in [3.63, 3.8) is 0 Å². The van der Waals surface area contributed by atoms with Gasteiger partial charge >= 0.3 is 0 Å². The summed E-state index contributed by atoms with van der Waals surface area (Å²) >= 11 is 12.1. The molecule has 0 saturated carbocycles. The number of nitrogens with two attached hydrogens (primary N) is 1. The molecule has 2 unspecified atom stereocenters. The summed E-state index contributed by atoms with van der Waals surface area (Å²) in [5, 5.41) is 19.8. The van der Waals surface area contributed by atoms with Crippen LogP contribution in [-0.4, -0.2) is 35.5 Å². The van der Waals surface area contributed by atoms with E-state index >= 15 is 0 Å². The fraction of sp³-hybridized carbons (Fsp3) is 0.400. The lowest BCUT2D eigenvalue weighted by atomic mass is 10.2. The maximum atomic E-state index is 9.46. The molecule has 88 valence electrons. The number of hydrogen-bond acceptors (Lipinski definition) is 4. The highest BCUT2D eigenvalue weighted by molar-refractivity contribution is 6.39. The minimum Gasteiger partial charge on any atom is -0.399 e. The molecule has 6 heteroatoms. The van der Waals surface area contributed by atoms with Gasteiger partial charge in [0.05, 0.1) is 27.9 Å². The first-order valence-corrected chi connectivity index (χ1v) is 5.60. The van der Waals surface area contributed by atoms with E-state index in [1.54, 1.807) is 17.0 Å². The van der Waals surface area contributed by atoms with Crippen molar-refractivity contribution in [3.05, 3.63) is 22.2 Å². The van der Waals surface area contributed by atoms with Crippen molar-refractivity contribution in [2.75, 3.05) is 23.7 Å². The molecule has 0 radical (unpaired) electrons. The molecule has 1 fully saturated rings. The van der Waals surface area contributed by atoms with E-state index in [9.17, 15) is 10.2 Å². The molecule has 4 nitrogen and oxygen atoms in total. The van der Waals surface area contributed by atoms with Gasteiger partial charge in [-0.1, -0.05) is 23.2 Å². The van der Waals surface area contributed by atoms with Gasteiger partial charge < -0.3 is 20.8 Å². The number of nitrogens with zero attached hydrogens (tertiary/aromatic N) is 1. The normalized spacial score (nSPS) is 25.1. The van der Waals surface area contributed by atoms with Crippen molar-refractivity contribution in [1.29, 1.82) is 0 Å². The third kappa shape index (κ3) is 2.06. The van der Waals surface area contributed by atoms with E-state index in [0.29, 0.717) is 34.5 Å². The van der Waals surface area contributed by atoms with Crippen LogP contribution in [0.4, 0.5) is 11.4 Å². The number of rotatable bonds is 1. The Morgan fingerprint density at radius 2 is 1.56 bits per heavy atom. The van der Waals surface area contributed by atoms with Gasteiger partial charge in [0.1, 0.15) is 0 Å². The van der Waals surface area contributed by atoms with Gasteiger partial charge in [0.15, 0.2) is 0 Å². The van der Waals surface area contributed by atoms with Crippen LogP contribution in [0.25, 0.3) is 0 Å². The number of aliphatic hydroxyl groups is 2. The third-order valence-electron chi connectivity index (χ3n) is 2.61. The Morgan fingerprint density at radius 3 is 2.00 bits per heavy atom. The molecule has 1 aromatic carbocycles. The van der Waals surface area contributed by atoms with Gasteiger partial charge in [-0.25, -0.2) is 0 Å². The standard InChI is InChI=1S/C10H12Cl2N2O2/c11-6-1-5(13)2-7(12)10(6)14-3-8(15)9(16)4-14/h1-2,8-9,15-16H,3-4,13H2. The molecule has 0 bridgehead atoms. The Bertz CT molecular complexity index is 381. The molecule has 0 amide bonds. The van der Waals surface area contributed by atoms with Crippen molar-refractivity contribution >= 4 is 34.6 Å². The summed E-state index contributed by atoms with van der Waals surface area (Å²) in [6.45, 7) is 0.620. The predicted molar refractivity (Wildman–Crippen MR) is 65.1 cm³/mol. The maximum Gasteiger partial charge on any atom is 0.0990 e. The molecule has 16 heavy (non-hydrogen) atoms. The Kier molecular flexibility index (Phi) is 3.17. The third-order valence-corrected chi connectivity index (χ3v) is 3.19. The van der Waals surface area contributed by atoms with Gasteiger partial charge in [0.25, 0.3) is 0 Å². The zero-order valence-corrected chi connectivity index (χ0v) is 9.91. The van der Waals surface area contributed by atoms with Crippen LogP contribution in [0.1, 0.15) is 0 Å². The molecule has 1 aliphatic heterocycles. The molecule has 1 aromatic rings. The van der Waals surface area contributed by atoms with Crippen LogP contribution < -0.4 is 10.6 Å². The Hall–Kier alpha value is -0.680. The lowest BCUT2D eigenvalue weighted by Crippen LogP contribution is -2.22. The van der Waals surface area contributed by atoms with E-state index in [2.05, 4.69) is 0 Å². The average Bonchev–Trinajstić information content (AvgIpc) is 2.44. The predicted octanol–water partition coefficient (Wildman–Crippen LogP) is 1.12. The van der Waals surface area contributed by atoms with E-state index in [0.717, 1.165) is 0 Å². The second-order valence-corrected chi connectivity index (χ2v) is 4.69. The Balaban J connectivity index is 2.35. The summed E-state index contributed by atoms with van der Waals surface area (Å²) in [5.41, 5.74) is 6.69. The van der Waals surface area contributed by atoms with Crippen molar-refractivity contribution in [3.8, 4) is 0 Å². The first kappa shape index (κ1) is 11.8. The Labute approximate surface area is 103 Å². The minimum atomic E-state index is -0.773. The molecule has 1 aliphatic rings. The summed E-state index contributed by atoms with van der Waals surface area (Å²) in [5.74, 6) is 0. The summed E-state index contributed by atoms with van der Waals surface area (Å²) < 4.78 is 0. The van der Waals surface area contributed by atoms with Crippen LogP contribution in [0.2, 0.25) is 10.0 Å². The number of β-amino-alcohol motifs (C(OH)–C–C–N with tert-alkyl or cyclic N) is 2. The first-order valence-electron chi connectivity index (χ1n) is 4.84. The van der Waals surface area contributed by atoms with Crippen LogP contribution in [0.15, 0.2) is 12.1 Å². The summed E-state index contributed by atoms with van der Waals surface area (Å²) in [6.07, 6.45) is -1.55. The monoisotopic (exact) mass is 262 g/mol. The topological polar surface area (TPSA) is 69.7 Å². The SMILES string of the molecule is Nc1cc(Cl)c(N2CC(O)C(O)C2)c(Cl)c1. The molecule has 0 spiro atoms.